The van der Waals surface area contributed by atoms with Crippen LogP contribution in [0.4, 0.5) is 24.0 Å². The first-order chi connectivity index (χ1) is 9.95. The standard InChI is InChI=1S/C13H11F3N4S/c1-2-20-7-9(6-17-20)18-12-19-10-5-8(13(14,15)16)3-4-11(10)21-12/h3-7H,2H2,1H3,(H,18,19). The zero-order valence-corrected chi connectivity index (χ0v) is 11.8. The summed E-state index contributed by atoms with van der Waals surface area (Å²) in [4.78, 5) is 4.19. The van der Waals surface area contributed by atoms with Gasteiger partial charge in [0, 0.05) is 12.7 Å². The van der Waals surface area contributed by atoms with Gasteiger partial charge in [-0.25, -0.2) is 4.98 Å². The highest BCUT2D eigenvalue weighted by Crippen LogP contribution is 2.34. The van der Waals surface area contributed by atoms with Gasteiger partial charge in [0.1, 0.15) is 0 Å². The van der Waals surface area contributed by atoms with Crippen LogP contribution in [0.15, 0.2) is 30.6 Å². The third kappa shape index (κ3) is 2.85. The van der Waals surface area contributed by atoms with Crippen LogP contribution in [0, 0.1) is 0 Å². The van der Waals surface area contributed by atoms with Gasteiger partial charge in [0.05, 0.1) is 27.7 Å². The second-order valence-electron chi connectivity index (χ2n) is 4.41. The summed E-state index contributed by atoms with van der Waals surface area (Å²) in [5.41, 5.74) is 0.401. The molecule has 1 N–H and O–H groups in total. The molecule has 21 heavy (non-hydrogen) atoms. The van der Waals surface area contributed by atoms with Crippen LogP contribution in [0.25, 0.3) is 10.2 Å². The highest BCUT2D eigenvalue weighted by molar-refractivity contribution is 7.22. The van der Waals surface area contributed by atoms with E-state index in [1.54, 1.807) is 10.9 Å². The Hall–Kier alpha value is -2.09. The summed E-state index contributed by atoms with van der Waals surface area (Å²) in [6.45, 7) is 2.71. The number of aromatic nitrogens is 3. The lowest BCUT2D eigenvalue weighted by Gasteiger charge is -2.04. The summed E-state index contributed by atoms with van der Waals surface area (Å²) in [5, 5.41) is 7.70. The third-order valence-electron chi connectivity index (χ3n) is 2.92. The van der Waals surface area contributed by atoms with Crippen LogP contribution in [0.2, 0.25) is 0 Å². The molecule has 0 aliphatic carbocycles. The third-order valence-corrected chi connectivity index (χ3v) is 3.88. The van der Waals surface area contributed by atoms with E-state index in [0.717, 1.165) is 24.4 Å². The summed E-state index contributed by atoms with van der Waals surface area (Å²) < 4.78 is 40.4. The number of hydrogen-bond acceptors (Lipinski definition) is 4. The first-order valence-corrected chi connectivity index (χ1v) is 7.04. The molecule has 4 nitrogen and oxygen atoms in total. The fourth-order valence-electron chi connectivity index (χ4n) is 1.88. The van der Waals surface area contributed by atoms with Gasteiger partial charge in [-0.05, 0) is 25.1 Å². The van der Waals surface area contributed by atoms with Crippen LogP contribution >= 0.6 is 11.3 Å². The Kier molecular flexibility index (Phi) is 3.32. The van der Waals surface area contributed by atoms with Crippen molar-refractivity contribution >= 4 is 32.4 Å². The predicted molar refractivity (Wildman–Crippen MR) is 75.8 cm³/mol. The van der Waals surface area contributed by atoms with E-state index < -0.39 is 11.7 Å². The van der Waals surface area contributed by atoms with Crippen molar-refractivity contribution in [1.82, 2.24) is 14.8 Å². The van der Waals surface area contributed by atoms with Crippen molar-refractivity contribution in [2.45, 2.75) is 19.6 Å². The van der Waals surface area contributed by atoms with E-state index in [1.165, 1.54) is 17.4 Å². The Labute approximate surface area is 122 Å². The van der Waals surface area contributed by atoms with Gasteiger partial charge in [-0.3, -0.25) is 4.68 Å². The first-order valence-electron chi connectivity index (χ1n) is 6.23. The smallest absolute Gasteiger partial charge is 0.329 e. The number of benzene rings is 1. The topological polar surface area (TPSA) is 42.7 Å². The van der Waals surface area contributed by atoms with Crippen LogP contribution in [0.3, 0.4) is 0 Å². The molecule has 0 saturated carbocycles. The van der Waals surface area contributed by atoms with Crippen LogP contribution in [-0.2, 0) is 12.7 Å². The van der Waals surface area contributed by atoms with Crippen molar-refractivity contribution in [3.63, 3.8) is 0 Å². The molecule has 110 valence electrons. The molecule has 8 heteroatoms. The number of halogens is 3. The summed E-state index contributed by atoms with van der Waals surface area (Å²) in [6.07, 6.45) is -0.891. The molecule has 0 atom stereocenters. The number of nitrogens with one attached hydrogen (secondary N) is 1. The SMILES string of the molecule is CCn1cc(Nc2nc3cc(C(F)(F)F)ccc3s2)cn1. The zero-order valence-electron chi connectivity index (χ0n) is 11.0. The Bertz CT molecular complexity index is 775. The summed E-state index contributed by atoms with van der Waals surface area (Å²) >= 11 is 1.30. The van der Waals surface area contributed by atoms with Gasteiger partial charge in [-0.15, -0.1) is 0 Å². The fraction of sp³-hybridized carbons (Fsp3) is 0.231. The monoisotopic (exact) mass is 312 g/mol. The second-order valence-corrected chi connectivity index (χ2v) is 5.44. The molecule has 0 fully saturated rings. The van der Waals surface area contributed by atoms with E-state index in [4.69, 9.17) is 0 Å². The summed E-state index contributed by atoms with van der Waals surface area (Å²) in [5.74, 6) is 0. The van der Waals surface area contributed by atoms with Gasteiger partial charge >= 0.3 is 6.18 Å². The highest BCUT2D eigenvalue weighted by Gasteiger charge is 2.30. The van der Waals surface area contributed by atoms with Gasteiger partial charge in [0.2, 0.25) is 0 Å². The minimum atomic E-state index is -4.35. The largest absolute Gasteiger partial charge is 0.416 e. The Morgan fingerprint density at radius 1 is 1.33 bits per heavy atom. The van der Waals surface area contributed by atoms with Gasteiger partial charge in [0.15, 0.2) is 5.13 Å². The Morgan fingerprint density at radius 3 is 2.81 bits per heavy atom. The van der Waals surface area contributed by atoms with E-state index in [1.807, 2.05) is 13.1 Å². The van der Waals surface area contributed by atoms with Crippen LogP contribution < -0.4 is 5.32 Å². The lowest BCUT2D eigenvalue weighted by molar-refractivity contribution is -0.137. The molecular weight excluding hydrogens is 301 g/mol. The number of nitrogens with zero attached hydrogens (tertiary/aromatic N) is 3. The lowest BCUT2D eigenvalue weighted by Crippen LogP contribution is -2.03. The van der Waals surface area contributed by atoms with Gasteiger partial charge in [0.25, 0.3) is 0 Å². The number of fused-ring (bicyclic) bond motifs is 1. The minimum Gasteiger partial charge on any atom is -0.329 e. The maximum Gasteiger partial charge on any atom is 0.416 e. The normalized spacial score (nSPS) is 12.0. The average Bonchev–Trinajstić information content (AvgIpc) is 3.02. The van der Waals surface area contributed by atoms with Crippen LogP contribution in [0.5, 0.6) is 0 Å². The highest BCUT2D eigenvalue weighted by atomic mass is 32.1. The Balaban J connectivity index is 1.90. The van der Waals surface area contributed by atoms with E-state index in [0.29, 0.717) is 15.3 Å². The fourth-order valence-corrected chi connectivity index (χ4v) is 2.75. The maximum absolute atomic E-state index is 12.7. The molecule has 0 aliphatic heterocycles. The maximum atomic E-state index is 12.7. The number of anilines is 2. The molecule has 2 aromatic heterocycles. The van der Waals surface area contributed by atoms with Crippen molar-refractivity contribution in [2.75, 3.05) is 5.32 Å². The summed E-state index contributed by atoms with van der Waals surface area (Å²) in [7, 11) is 0. The van der Waals surface area contributed by atoms with E-state index in [2.05, 4.69) is 15.4 Å². The number of alkyl halides is 3. The van der Waals surface area contributed by atoms with Crippen molar-refractivity contribution in [3.05, 3.63) is 36.2 Å². The molecule has 0 aliphatic rings. The molecule has 0 radical (unpaired) electrons. The minimum absolute atomic E-state index is 0.334. The van der Waals surface area contributed by atoms with Crippen LogP contribution in [-0.4, -0.2) is 14.8 Å². The molecule has 0 spiro atoms. The number of aryl methyl sites for hydroxylation is 1. The second kappa shape index (κ2) is 5.03. The molecule has 0 amide bonds. The van der Waals surface area contributed by atoms with Gasteiger partial charge in [-0.1, -0.05) is 11.3 Å². The van der Waals surface area contributed by atoms with Gasteiger partial charge < -0.3 is 5.32 Å². The van der Waals surface area contributed by atoms with E-state index >= 15 is 0 Å². The number of thiazole rings is 1. The molecule has 2 heterocycles. The van der Waals surface area contributed by atoms with Gasteiger partial charge in [-0.2, -0.15) is 18.3 Å². The molecule has 3 rings (SSSR count). The molecule has 0 bridgehead atoms. The van der Waals surface area contributed by atoms with E-state index in [-0.39, 0.29) is 0 Å². The molecule has 0 saturated heterocycles. The van der Waals surface area contributed by atoms with Crippen molar-refractivity contribution in [2.24, 2.45) is 0 Å². The van der Waals surface area contributed by atoms with Crippen molar-refractivity contribution < 1.29 is 13.2 Å². The number of rotatable bonds is 3. The van der Waals surface area contributed by atoms with Crippen molar-refractivity contribution in [1.29, 1.82) is 0 Å². The van der Waals surface area contributed by atoms with E-state index in [9.17, 15) is 13.2 Å². The molecular formula is C13H11F3N4S. The Morgan fingerprint density at radius 2 is 2.14 bits per heavy atom. The van der Waals surface area contributed by atoms with Crippen LogP contribution in [0.1, 0.15) is 12.5 Å². The first kappa shape index (κ1) is 13.9. The molecule has 0 unspecified atom stereocenters. The summed E-state index contributed by atoms with van der Waals surface area (Å²) in [6, 6.07) is 3.57. The lowest BCUT2D eigenvalue weighted by atomic mass is 10.2. The zero-order chi connectivity index (χ0) is 15.0. The average molecular weight is 312 g/mol. The van der Waals surface area contributed by atoms with Crippen molar-refractivity contribution in [3.8, 4) is 0 Å². The quantitative estimate of drug-likeness (QED) is 0.785. The molecule has 1 aromatic carbocycles. The predicted octanol–water partition coefficient (Wildman–Crippen LogP) is 4.28. The number of hydrogen-bond donors (Lipinski definition) is 1. The molecule has 3 aromatic rings.